The first-order valence-corrected chi connectivity index (χ1v) is 8.68. The molecular weight excluding hydrogens is 328 g/mol. The summed E-state index contributed by atoms with van der Waals surface area (Å²) in [5, 5.41) is 12.1. The quantitative estimate of drug-likeness (QED) is 0.638. The Labute approximate surface area is 140 Å². The maximum Gasteiger partial charge on any atom is 0.335 e. The van der Waals surface area contributed by atoms with Gasteiger partial charge in [-0.05, 0) is 23.8 Å². The van der Waals surface area contributed by atoms with Gasteiger partial charge in [0.2, 0.25) is 10.0 Å². The molecule has 0 heterocycles. The van der Waals surface area contributed by atoms with E-state index in [0.29, 0.717) is 12.2 Å². The monoisotopic (exact) mass is 346 g/mol. The van der Waals surface area contributed by atoms with Crippen LogP contribution < -0.4 is 10.0 Å². The molecule has 24 heavy (non-hydrogen) atoms. The Morgan fingerprint density at radius 2 is 1.88 bits per heavy atom. The summed E-state index contributed by atoms with van der Waals surface area (Å²) in [4.78, 5) is 11.0. The summed E-state index contributed by atoms with van der Waals surface area (Å²) in [7, 11) is -3.86. The summed E-state index contributed by atoms with van der Waals surface area (Å²) < 4.78 is 27.2. The van der Waals surface area contributed by atoms with Crippen LogP contribution in [0.2, 0.25) is 0 Å². The van der Waals surface area contributed by atoms with E-state index in [9.17, 15) is 13.2 Å². The maximum atomic E-state index is 12.4. The number of benzene rings is 2. The molecule has 7 heteroatoms. The average Bonchev–Trinajstić information content (AvgIpc) is 2.59. The van der Waals surface area contributed by atoms with Gasteiger partial charge in [-0.15, -0.1) is 6.58 Å². The summed E-state index contributed by atoms with van der Waals surface area (Å²) >= 11 is 0. The molecule has 0 saturated carbocycles. The zero-order chi connectivity index (χ0) is 17.6. The highest BCUT2D eigenvalue weighted by Crippen LogP contribution is 2.23. The van der Waals surface area contributed by atoms with Crippen LogP contribution in [-0.4, -0.2) is 26.0 Å². The van der Waals surface area contributed by atoms with Crippen LogP contribution in [0.5, 0.6) is 0 Å². The summed E-state index contributed by atoms with van der Waals surface area (Å²) in [6.45, 7) is 3.93. The molecule has 0 aliphatic carbocycles. The van der Waals surface area contributed by atoms with Gasteiger partial charge in [0.05, 0.1) is 11.3 Å². The van der Waals surface area contributed by atoms with Gasteiger partial charge >= 0.3 is 5.97 Å². The summed E-state index contributed by atoms with van der Waals surface area (Å²) in [5.74, 6) is -1.19. The fourth-order valence-electron chi connectivity index (χ4n) is 2.06. The van der Waals surface area contributed by atoms with Gasteiger partial charge in [0.15, 0.2) is 0 Å². The Bertz CT molecular complexity index is 833. The number of rotatable bonds is 8. The van der Waals surface area contributed by atoms with Crippen LogP contribution >= 0.6 is 0 Å². The second-order valence-electron chi connectivity index (χ2n) is 5.00. The molecule has 2 aromatic rings. The van der Waals surface area contributed by atoms with Crippen molar-refractivity contribution in [3.63, 3.8) is 0 Å². The second kappa shape index (κ2) is 7.76. The summed E-state index contributed by atoms with van der Waals surface area (Å²) in [6, 6.07) is 13.4. The Morgan fingerprint density at radius 3 is 2.50 bits per heavy atom. The molecule has 0 fully saturated rings. The minimum absolute atomic E-state index is 0.0533. The third kappa shape index (κ3) is 4.43. The highest BCUT2D eigenvalue weighted by Gasteiger charge is 2.20. The van der Waals surface area contributed by atoms with E-state index in [1.54, 1.807) is 0 Å². The molecule has 126 valence electrons. The minimum atomic E-state index is -3.86. The Hall–Kier alpha value is -2.64. The fraction of sp³-hybridized carbons (Fsp3) is 0.118. The van der Waals surface area contributed by atoms with Crippen LogP contribution in [0.15, 0.2) is 66.1 Å². The van der Waals surface area contributed by atoms with Gasteiger partial charge < -0.3 is 10.4 Å². The van der Waals surface area contributed by atoms with E-state index in [2.05, 4.69) is 16.6 Å². The van der Waals surface area contributed by atoms with Crippen LogP contribution in [-0.2, 0) is 16.6 Å². The van der Waals surface area contributed by atoms with E-state index in [4.69, 9.17) is 5.11 Å². The van der Waals surface area contributed by atoms with Crippen molar-refractivity contribution in [1.82, 2.24) is 4.72 Å². The predicted octanol–water partition coefficient (Wildman–Crippen LogP) is 2.46. The molecule has 0 aliphatic rings. The lowest BCUT2D eigenvalue weighted by molar-refractivity contribution is 0.0696. The number of sulfonamides is 1. The van der Waals surface area contributed by atoms with E-state index in [1.807, 2.05) is 30.3 Å². The number of carboxylic acids is 1. The van der Waals surface area contributed by atoms with E-state index >= 15 is 0 Å². The third-order valence-electron chi connectivity index (χ3n) is 3.26. The SMILES string of the molecule is C=CCNS(=O)(=O)c1cc(C(=O)O)ccc1NCc1ccccc1. The zero-order valence-electron chi connectivity index (χ0n) is 12.9. The molecule has 2 aromatic carbocycles. The average molecular weight is 346 g/mol. The fourth-order valence-corrected chi connectivity index (χ4v) is 3.27. The van der Waals surface area contributed by atoms with Crippen LogP contribution in [0.1, 0.15) is 15.9 Å². The molecule has 0 atom stereocenters. The summed E-state index contributed by atoms with van der Waals surface area (Å²) in [6.07, 6.45) is 1.41. The van der Waals surface area contributed by atoms with Crippen LogP contribution in [0.3, 0.4) is 0 Å². The largest absolute Gasteiger partial charge is 0.478 e. The normalized spacial score (nSPS) is 11.0. The van der Waals surface area contributed by atoms with Gasteiger partial charge in [0, 0.05) is 13.1 Å². The molecule has 0 unspecified atom stereocenters. The number of aromatic carboxylic acids is 1. The number of carbonyl (C=O) groups is 1. The van der Waals surface area contributed by atoms with E-state index in [0.717, 1.165) is 11.6 Å². The Balaban J connectivity index is 2.35. The molecule has 0 bridgehead atoms. The lowest BCUT2D eigenvalue weighted by Crippen LogP contribution is -2.25. The first kappa shape index (κ1) is 17.7. The van der Waals surface area contributed by atoms with Gasteiger partial charge in [0.25, 0.3) is 0 Å². The van der Waals surface area contributed by atoms with Crippen molar-refractivity contribution in [2.45, 2.75) is 11.4 Å². The van der Waals surface area contributed by atoms with Crippen LogP contribution in [0.4, 0.5) is 5.69 Å². The van der Waals surface area contributed by atoms with Crippen molar-refractivity contribution in [2.75, 3.05) is 11.9 Å². The van der Waals surface area contributed by atoms with Gasteiger partial charge in [-0.3, -0.25) is 0 Å². The molecule has 0 spiro atoms. The van der Waals surface area contributed by atoms with Gasteiger partial charge in [-0.25, -0.2) is 17.9 Å². The standard InChI is InChI=1S/C17H18N2O4S/c1-2-10-19-24(22,23)16-11-14(17(20)21)8-9-15(16)18-12-13-6-4-3-5-7-13/h2-9,11,18-19H,1,10,12H2,(H,20,21). The Morgan fingerprint density at radius 1 is 1.17 bits per heavy atom. The molecule has 0 amide bonds. The third-order valence-corrected chi connectivity index (χ3v) is 4.73. The lowest BCUT2D eigenvalue weighted by Gasteiger charge is -2.14. The number of hydrogen-bond donors (Lipinski definition) is 3. The van der Waals surface area contributed by atoms with Crippen molar-refractivity contribution in [2.24, 2.45) is 0 Å². The van der Waals surface area contributed by atoms with E-state index < -0.39 is 16.0 Å². The van der Waals surface area contributed by atoms with Crippen LogP contribution in [0.25, 0.3) is 0 Å². The van der Waals surface area contributed by atoms with Crippen LogP contribution in [0, 0.1) is 0 Å². The molecular formula is C17H18N2O4S. The van der Waals surface area contributed by atoms with Crippen molar-refractivity contribution in [3.05, 3.63) is 72.3 Å². The maximum absolute atomic E-state index is 12.4. The lowest BCUT2D eigenvalue weighted by atomic mass is 10.2. The summed E-state index contributed by atoms with van der Waals surface area (Å²) in [5.41, 5.74) is 1.21. The van der Waals surface area contributed by atoms with Crippen molar-refractivity contribution in [3.8, 4) is 0 Å². The number of hydrogen-bond acceptors (Lipinski definition) is 4. The molecule has 0 saturated heterocycles. The smallest absolute Gasteiger partial charge is 0.335 e. The molecule has 0 aromatic heterocycles. The van der Waals surface area contributed by atoms with E-state index in [-0.39, 0.29) is 17.0 Å². The van der Waals surface area contributed by atoms with Crippen molar-refractivity contribution >= 4 is 21.7 Å². The van der Waals surface area contributed by atoms with Crippen molar-refractivity contribution in [1.29, 1.82) is 0 Å². The van der Waals surface area contributed by atoms with E-state index in [1.165, 1.54) is 18.2 Å². The zero-order valence-corrected chi connectivity index (χ0v) is 13.7. The minimum Gasteiger partial charge on any atom is -0.478 e. The first-order chi connectivity index (χ1) is 11.4. The molecule has 0 radical (unpaired) electrons. The molecule has 0 aliphatic heterocycles. The first-order valence-electron chi connectivity index (χ1n) is 7.20. The number of carboxylic acid groups (broad SMARTS) is 1. The van der Waals surface area contributed by atoms with Gasteiger partial charge in [0.1, 0.15) is 4.90 Å². The molecule has 6 nitrogen and oxygen atoms in total. The second-order valence-corrected chi connectivity index (χ2v) is 6.73. The van der Waals surface area contributed by atoms with Gasteiger partial charge in [-0.2, -0.15) is 0 Å². The molecule has 2 rings (SSSR count). The van der Waals surface area contributed by atoms with Crippen molar-refractivity contribution < 1.29 is 18.3 Å². The number of anilines is 1. The molecule has 3 N–H and O–H groups in total. The topological polar surface area (TPSA) is 95.5 Å². The van der Waals surface area contributed by atoms with Gasteiger partial charge in [-0.1, -0.05) is 36.4 Å². The number of nitrogens with one attached hydrogen (secondary N) is 2. The Kier molecular flexibility index (Phi) is 5.73. The highest BCUT2D eigenvalue weighted by molar-refractivity contribution is 7.89. The highest BCUT2D eigenvalue weighted by atomic mass is 32.2. The predicted molar refractivity (Wildman–Crippen MR) is 92.6 cm³/mol.